The Morgan fingerprint density at radius 3 is 0.784 bits per heavy atom. The van der Waals surface area contributed by atoms with E-state index in [1.165, 1.54) is 0 Å². The number of rotatable bonds is 9. The molecule has 0 saturated carbocycles. The molecule has 0 spiro atoms. The van der Waals surface area contributed by atoms with Gasteiger partial charge in [-0.2, -0.15) is 0 Å². The molecule has 4 aromatic carbocycles. The normalized spacial score (nSPS) is 11.5. The number of halogens is 18. The van der Waals surface area contributed by atoms with E-state index >= 15 is 35.1 Å². The van der Waals surface area contributed by atoms with Crippen LogP contribution in [0.5, 0.6) is 0 Å². The third-order valence-electron chi connectivity index (χ3n) is 7.58. The molecule has 2 nitrogen and oxygen atoms in total. The van der Waals surface area contributed by atoms with Crippen LogP contribution in [0.3, 0.4) is 0 Å². The highest BCUT2D eigenvalue weighted by molar-refractivity contribution is 6.88. The standard InChI is InChI=1S/C14H6BF8O.C12BF10O.C2H5.Al/c1-3-4(2)8(17)9(18)5(7(3)16)15(24)6-10(19)12(21)14(23)13(22)11(6)20;14-3-1(4(15)8(19)11(22)7(3)18)13(24)2-5(16)9(20)12(23)10(21)6(2)17;1-2;/h1-2H3;;1H2,2H3;/q2*-1;;+2. The zero-order chi connectivity index (χ0) is 38.7. The van der Waals surface area contributed by atoms with Crippen LogP contribution in [0.15, 0.2) is 0 Å². The molecule has 0 heterocycles. The van der Waals surface area contributed by atoms with Crippen molar-refractivity contribution in [2.45, 2.75) is 26.1 Å². The summed E-state index contributed by atoms with van der Waals surface area (Å²) in [6.45, 7) is -4.72. The quantitative estimate of drug-likeness (QED) is 0.0868. The van der Waals surface area contributed by atoms with Gasteiger partial charge in [-0.1, -0.05) is 6.92 Å². The molecule has 270 valence electrons. The molecule has 0 N–H and O–H groups in total. The van der Waals surface area contributed by atoms with Gasteiger partial charge in [0.15, 0.2) is 98.9 Å². The van der Waals surface area contributed by atoms with Gasteiger partial charge in [0.1, 0.15) is 5.82 Å². The first-order chi connectivity index (χ1) is 23.6. The average Bonchev–Trinajstić information content (AvgIpc) is 3.10. The third kappa shape index (κ3) is 6.46. The van der Waals surface area contributed by atoms with Crippen LogP contribution < -0.4 is 21.9 Å². The van der Waals surface area contributed by atoms with Gasteiger partial charge in [0.25, 0.3) is 0 Å². The zero-order valence-electron chi connectivity index (χ0n) is 25.1. The highest BCUT2D eigenvalue weighted by Crippen LogP contribution is 2.25. The third-order valence-corrected chi connectivity index (χ3v) is 9.39. The second-order valence-corrected chi connectivity index (χ2v) is 12.6. The molecule has 51 heavy (non-hydrogen) atoms. The highest BCUT2D eigenvalue weighted by Gasteiger charge is 2.47. The maximum absolute atomic E-state index is 15.5. The van der Waals surface area contributed by atoms with Crippen LogP contribution in [0.4, 0.5) is 79.0 Å². The number of hydrogen-bond acceptors (Lipinski definition) is 2. The van der Waals surface area contributed by atoms with E-state index in [2.05, 4.69) is 0 Å². The summed E-state index contributed by atoms with van der Waals surface area (Å²) in [5.41, 5.74) is -10.8. The first-order valence-corrected chi connectivity index (χ1v) is 15.4. The molecule has 4 aromatic rings. The van der Waals surface area contributed by atoms with E-state index in [0.717, 1.165) is 20.8 Å². The summed E-state index contributed by atoms with van der Waals surface area (Å²) in [6, 6.07) is 0. The Balaban J connectivity index is 2.08. The van der Waals surface area contributed by atoms with Gasteiger partial charge in [0.05, 0.1) is 0 Å². The molecule has 0 saturated heterocycles. The predicted molar refractivity (Wildman–Crippen MR) is 143 cm³/mol. The molecule has 0 radical (unpaired) electrons. The molecule has 0 bridgehead atoms. The molecule has 0 aliphatic heterocycles. The smallest absolute Gasteiger partial charge is 0.538 e. The van der Waals surface area contributed by atoms with Crippen LogP contribution in [-0.2, 0) is 7.41 Å². The second-order valence-electron chi connectivity index (χ2n) is 10.4. The van der Waals surface area contributed by atoms with Crippen LogP contribution in [0.2, 0.25) is 5.28 Å². The van der Waals surface area contributed by atoms with E-state index in [4.69, 9.17) is 7.41 Å². The summed E-state index contributed by atoms with van der Waals surface area (Å²) < 4.78 is 273. The monoisotopic (exact) mass is 770 g/mol. The van der Waals surface area contributed by atoms with Crippen molar-refractivity contribution >= 4 is 50.5 Å². The summed E-state index contributed by atoms with van der Waals surface area (Å²) in [5.74, 6) is -49.8. The minimum Gasteiger partial charge on any atom is -0.538 e. The molecular weight excluding hydrogens is 759 g/mol. The minimum atomic E-state index is -4.82. The fraction of sp³-hybridized carbons (Fsp3) is 0.143. The van der Waals surface area contributed by atoms with Gasteiger partial charge < -0.3 is 7.41 Å². The largest absolute Gasteiger partial charge is 0.643 e. The lowest BCUT2D eigenvalue weighted by Crippen LogP contribution is -2.59. The van der Waals surface area contributed by atoms with Crippen molar-refractivity contribution in [1.82, 2.24) is 0 Å². The van der Waals surface area contributed by atoms with Gasteiger partial charge in [0, 0.05) is 21.9 Å². The summed E-state index contributed by atoms with van der Waals surface area (Å²) in [4.78, 5) is 0. The maximum atomic E-state index is 15.5. The van der Waals surface area contributed by atoms with Crippen molar-refractivity contribution in [3.8, 4) is 0 Å². The van der Waals surface area contributed by atoms with Crippen LogP contribution in [0.1, 0.15) is 18.1 Å². The van der Waals surface area contributed by atoms with Crippen molar-refractivity contribution in [2.75, 3.05) is 0 Å². The molecule has 23 heteroatoms. The van der Waals surface area contributed by atoms with Crippen LogP contribution >= 0.6 is 0 Å². The summed E-state index contributed by atoms with van der Waals surface area (Å²) in [6.07, 6.45) is 0. The van der Waals surface area contributed by atoms with E-state index in [-0.39, 0.29) is 0 Å². The van der Waals surface area contributed by atoms with Crippen LogP contribution in [-0.4, -0.2) is 28.6 Å². The van der Waals surface area contributed by atoms with Crippen molar-refractivity contribution in [1.29, 1.82) is 0 Å². The summed E-state index contributed by atoms with van der Waals surface area (Å²) >= 11 is -4.82. The summed E-state index contributed by atoms with van der Waals surface area (Å²) in [5, 5.41) is -0.996. The first kappa shape index (κ1) is 40.0. The topological polar surface area (TPSA) is 18.5 Å². The van der Waals surface area contributed by atoms with Crippen molar-refractivity contribution in [2.24, 2.45) is 0 Å². The van der Waals surface area contributed by atoms with Gasteiger partial charge in [0.2, 0.25) is 0 Å². The fourth-order valence-corrected chi connectivity index (χ4v) is 6.39. The molecule has 0 amide bonds. The Morgan fingerprint density at radius 2 is 0.529 bits per heavy atom. The van der Waals surface area contributed by atoms with Gasteiger partial charge in [-0.25, -0.2) is 79.0 Å². The van der Waals surface area contributed by atoms with E-state index < -0.39 is 172 Å². The number of hydrogen-bond donors (Lipinski definition) is 0. The van der Waals surface area contributed by atoms with E-state index in [1.807, 2.05) is 0 Å². The lowest BCUT2D eigenvalue weighted by molar-refractivity contribution is 0.376. The number of benzene rings is 4. The Morgan fingerprint density at radius 1 is 0.333 bits per heavy atom. The minimum absolute atomic E-state index is 0.736. The molecule has 0 aliphatic rings. The van der Waals surface area contributed by atoms with Gasteiger partial charge in [-0.3, -0.25) is 0 Å². The van der Waals surface area contributed by atoms with E-state index in [0.29, 0.717) is 0 Å². The van der Waals surface area contributed by atoms with E-state index in [1.54, 1.807) is 0 Å². The Kier molecular flexibility index (Phi) is 11.5. The molecule has 0 aliphatic carbocycles. The van der Waals surface area contributed by atoms with Crippen LogP contribution in [0.25, 0.3) is 0 Å². The van der Waals surface area contributed by atoms with Crippen molar-refractivity contribution < 1.29 is 86.4 Å². The molecule has 0 unspecified atom stereocenters. The predicted octanol–water partition coefficient (Wildman–Crippen LogP) is 6.26. The lowest BCUT2D eigenvalue weighted by atomic mass is 9.54. The Bertz CT molecular complexity index is 1700. The van der Waals surface area contributed by atoms with Gasteiger partial charge in [-0.15, -0.1) is 0 Å². The van der Waals surface area contributed by atoms with Crippen molar-refractivity contribution in [3.63, 3.8) is 0 Å². The molecule has 0 atom stereocenters. The highest BCUT2D eigenvalue weighted by atomic mass is 27.2. The van der Waals surface area contributed by atoms with Gasteiger partial charge in [-0.05, 0) is 30.3 Å². The first-order valence-electron chi connectivity index (χ1n) is 13.6. The molecule has 0 aromatic heterocycles. The SMILES string of the molecule is C[CH2][Al]([O]B(c1c(F)c(C)c(C)c(F)c1F)c1c(F)c(F)c(F)c(F)c1F)[O]B(c1c(F)c(F)c(F)c(F)c1F)c1c(F)c(F)c(F)c(F)c1F. The van der Waals surface area contributed by atoms with Crippen molar-refractivity contribution in [3.05, 3.63) is 116 Å². The Hall–Kier alpha value is -3.80. The molecule has 0 fully saturated rings. The van der Waals surface area contributed by atoms with Gasteiger partial charge >= 0.3 is 28.6 Å². The summed E-state index contributed by atoms with van der Waals surface area (Å²) in [7, 11) is 0. The van der Waals surface area contributed by atoms with Crippen LogP contribution in [0, 0.1) is 119 Å². The maximum Gasteiger partial charge on any atom is 0.643 e. The zero-order valence-corrected chi connectivity index (χ0v) is 26.2. The average molecular weight is 770 g/mol. The fourth-order valence-electron chi connectivity index (χ4n) is 4.79. The Labute approximate surface area is 278 Å². The second kappa shape index (κ2) is 14.7. The lowest BCUT2D eigenvalue weighted by Gasteiger charge is -2.27. The molecule has 4 rings (SSSR count). The van der Waals surface area contributed by atoms with E-state index in [9.17, 15) is 43.9 Å². The molecular formula is C28H11AlB2F18O2.